The predicted molar refractivity (Wildman–Crippen MR) is 69.0 cm³/mol. The number of pyridine rings is 1. The van der Waals surface area contributed by atoms with Gasteiger partial charge in [0.1, 0.15) is 6.04 Å². The number of rotatable bonds is 5. The molecule has 0 aliphatic heterocycles. The zero-order chi connectivity index (χ0) is 13.5. The van der Waals surface area contributed by atoms with Crippen LogP contribution in [0.15, 0.2) is 24.5 Å². The molecule has 1 heterocycles. The first kappa shape index (κ1) is 14.2. The Morgan fingerprint density at radius 3 is 2.61 bits per heavy atom. The smallest absolute Gasteiger partial charge is 0.253 e. The standard InChI is InChI=1S/C13H19N3O2/c1-9(2)7-11(13(18)14-3)16-12(17)10-5-4-6-15-8-10/h4-6,8-9,11H,7H2,1-3H3,(H,14,18)(H,16,17)/t11-/m1/s1. The average molecular weight is 249 g/mol. The van der Waals surface area contributed by atoms with E-state index in [9.17, 15) is 9.59 Å². The lowest BCUT2D eigenvalue weighted by atomic mass is 10.0. The van der Waals surface area contributed by atoms with Gasteiger partial charge in [-0.3, -0.25) is 14.6 Å². The summed E-state index contributed by atoms with van der Waals surface area (Å²) < 4.78 is 0. The molecular weight excluding hydrogens is 230 g/mol. The summed E-state index contributed by atoms with van der Waals surface area (Å²) in [7, 11) is 1.56. The maximum absolute atomic E-state index is 11.9. The molecule has 1 atom stereocenters. The van der Waals surface area contributed by atoms with Crippen LogP contribution < -0.4 is 10.6 Å². The van der Waals surface area contributed by atoms with Gasteiger partial charge in [0, 0.05) is 19.4 Å². The van der Waals surface area contributed by atoms with Crippen molar-refractivity contribution in [3.05, 3.63) is 30.1 Å². The maximum Gasteiger partial charge on any atom is 0.253 e. The monoisotopic (exact) mass is 249 g/mol. The second-order valence-electron chi connectivity index (χ2n) is 4.51. The van der Waals surface area contributed by atoms with Crippen molar-refractivity contribution in [1.82, 2.24) is 15.6 Å². The van der Waals surface area contributed by atoms with Crippen molar-refractivity contribution in [3.8, 4) is 0 Å². The topological polar surface area (TPSA) is 71.1 Å². The Bertz CT molecular complexity index is 404. The van der Waals surface area contributed by atoms with Crippen molar-refractivity contribution in [2.75, 3.05) is 7.05 Å². The highest BCUT2D eigenvalue weighted by Gasteiger charge is 2.21. The van der Waals surface area contributed by atoms with Gasteiger partial charge >= 0.3 is 0 Å². The summed E-state index contributed by atoms with van der Waals surface area (Å²) in [4.78, 5) is 27.5. The van der Waals surface area contributed by atoms with Gasteiger partial charge in [-0.25, -0.2) is 0 Å². The fourth-order valence-electron chi connectivity index (χ4n) is 1.62. The number of likely N-dealkylation sites (N-methyl/N-ethyl adjacent to an activating group) is 1. The minimum atomic E-state index is -0.511. The molecule has 0 unspecified atom stereocenters. The fraction of sp³-hybridized carbons (Fsp3) is 0.462. The van der Waals surface area contributed by atoms with E-state index in [-0.39, 0.29) is 11.8 Å². The van der Waals surface area contributed by atoms with Crippen molar-refractivity contribution in [3.63, 3.8) is 0 Å². The van der Waals surface area contributed by atoms with E-state index in [0.29, 0.717) is 17.9 Å². The number of nitrogens with one attached hydrogen (secondary N) is 2. The van der Waals surface area contributed by atoms with Gasteiger partial charge < -0.3 is 10.6 Å². The molecular formula is C13H19N3O2. The Morgan fingerprint density at radius 1 is 1.39 bits per heavy atom. The number of hydrogen-bond donors (Lipinski definition) is 2. The van der Waals surface area contributed by atoms with E-state index in [1.54, 1.807) is 25.4 Å². The van der Waals surface area contributed by atoms with Crippen LogP contribution in [0.2, 0.25) is 0 Å². The highest BCUT2D eigenvalue weighted by atomic mass is 16.2. The Morgan fingerprint density at radius 2 is 2.11 bits per heavy atom. The molecule has 0 aliphatic carbocycles. The van der Waals surface area contributed by atoms with Crippen LogP contribution in [0.25, 0.3) is 0 Å². The molecule has 0 saturated carbocycles. The molecule has 0 fully saturated rings. The summed E-state index contributed by atoms with van der Waals surface area (Å²) in [6.45, 7) is 4.01. The number of amides is 2. The van der Waals surface area contributed by atoms with E-state index < -0.39 is 6.04 Å². The molecule has 0 aliphatic rings. The normalized spacial score (nSPS) is 12.0. The molecule has 1 aromatic heterocycles. The number of nitrogens with zero attached hydrogens (tertiary/aromatic N) is 1. The van der Waals surface area contributed by atoms with Crippen molar-refractivity contribution < 1.29 is 9.59 Å². The van der Waals surface area contributed by atoms with Crippen molar-refractivity contribution >= 4 is 11.8 Å². The summed E-state index contributed by atoms with van der Waals surface area (Å²) in [5.41, 5.74) is 0.454. The van der Waals surface area contributed by atoms with Gasteiger partial charge in [0.15, 0.2) is 0 Å². The second kappa shape index (κ2) is 6.74. The largest absolute Gasteiger partial charge is 0.357 e. The molecule has 0 saturated heterocycles. The average Bonchev–Trinajstić information content (AvgIpc) is 2.37. The molecule has 0 spiro atoms. The second-order valence-corrected chi connectivity index (χ2v) is 4.51. The molecule has 18 heavy (non-hydrogen) atoms. The molecule has 2 amide bonds. The Labute approximate surface area is 107 Å². The molecule has 5 nitrogen and oxygen atoms in total. The maximum atomic E-state index is 11.9. The Hall–Kier alpha value is -1.91. The number of carbonyl (C=O) groups excluding carboxylic acids is 2. The van der Waals surface area contributed by atoms with Gasteiger partial charge in [-0.2, -0.15) is 0 Å². The zero-order valence-electron chi connectivity index (χ0n) is 10.9. The molecule has 0 radical (unpaired) electrons. The summed E-state index contributed by atoms with van der Waals surface area (Å²) in [6, 6.07) is 2.84. The lowest BCUT2D eigenvalue weighted by molar-refractivity contribution is -0.122. The van der Waals surface area contributed by atoms with Crippen molar-refractivity contribution in [2.24, 2.45) is 5.92 Å². The van der Waals surface area contributed by atoms with Gasteiger partial charge in [0.05, 0.1) is 5.56 Å². The third kappa shape index (κ3) is 4.16. The lowest BCUT2D eigenvalue weighted by Gasteiger charge is -2.19. The van der Waals surface area contributed by atoms with E-state index in [4.69, 9.17) is 0 Å². The van der Waals surface area contributed by atoms with E-state index >= 15 is 0 Å². The van der Waals surface area contributed by atoms with E-state index in [1.807, 2.05) is 13.8 Å². The van der Waals surface area contributed by atoms with E-state index in [2.05, 4.69) is 15.6 Å². The van der Waals surface area contributed by atoms with Crippen LogP contribution >= 0.6 is 0 Å². The van der Waals surface area contributed by atoms with Crippen LogP contribution in [-0.2, 0) is 4.79 Å². The van der Waals surface area contributed by atoms with Gasteiger partial charge in [-0.15, -0.1) is 0 Å². The lowest BCUT2D eigenvalue weighted by Crippen LogP contribution is -2.46. The minimum absolute atomic E-state index is 0.180. The van der Waals surface area contributed by atoms with Crippen LogP contribution in [0.3, 0.4) is 0 Å². The van der Waals surface area contributed by atoms with Crippen LogP contribution in [0.5, 0.6) is 0 Å². The molecule has 5 heteroatoms. The zero-order valence-corrected chi connectivity index (χ0v) is 10.9. The molecule has 98 valence electrons. The number of aromatic nitrogens is 1. The predicted octanol–water partition coefficient (Wildman–Crippen LogP) is 0.972. The fourth-order valence-corrected chi connectivity index (χ4v) is 1.62. The summed E-state index contributed by atoms with van der Waals surface area (Å²) in [5.74, 6) is -0.139. The highest BCUT2D eigenvalue weighted by Crippen LogP contribution is 2.06. The van der Waals surface area contributed by atoms with E-state index in [1.165, 1.54) is 6.20 Å². The molecule has 2 N–H and O–H groups in total. The SMILES string of the molecule is CNC(=O)[C@@H](CC(C)C)NC(=O)c1cccnc1. The van der Waals surface area contributed by atoms with Crippen molar-refractivity contribution in [1.29, 1.82) is 0 Å². The van der Waals surface area contributed by atoms with E-state index in [0.717, 1.165) is 0 Å². The highest BCUT2D eigenvalue weighted by molar-refractivity contribution is 5.97. The van der Waals surface area contributed by atoms with Crippen LogP contribution in [-0.4, -0.2) is 29.9 Å². The summed E-state index contributed by atoms with van der Waals surface area (Å²) in [5, 5.41) is 5.28. The minimum Gasteiger partial charge on any atom is -0.357 e. The van der Waals surface area contributed by atoms with Crippen molar-refractivity contribution in [2.45, 2.75) is 26.3 Å². The molecule has 1 aromatic rings. The van der Waals surface area contributed by atoms with Gasteiger partial charge in [-0.05, 0) is 24.5 Å². The third-order valence-electron chi connectivity index (χ3n) is 2.50. The van der Waals surface area contributed by atoms with Crippen LogP contribution in [0, 0.1) is 5.92 Å². The van der Waals surface area contributed by atoms with Gasteiger partial charge in [0.2, 0.25) is 5.91 Å². The third-order valence-corrected chi connectivity index (χ3v) is 2.50. The first-order chi connectivity index (χ1) is 8.54. The Kier molecular flexibility index (Phi) is 5.30. The summed E-state index contributed by atoms with van der Waals surface area (Å²) >= 11 is 0. The quantitative estimate of drug-likeness (QED) is 0.817. The number of hydrogen-bond acceptors (Lipinski definition) is 3. The Balaban J connectivity index is 2.71. The molecule has 0 aromatic carbocycles. The number of carbonyl (C=O) groups is 2. The van der Waals surface area contributed by atoms with Gasteiger partial charge in [0.25, 0.3) is 5.91 Å². The first-order valence-electron chi connectivity index (χ1n) is 5.97. The first-order valence-corrected chi connectivity index (χ1v) is 5.97. The van der Waals surface area contributed by atoms with Gasteiger partial charge in [-0.1, -0.05) is 13.8 Å². The summed E-state index contributed by atoms with van der Waals surface area (Å²) in [6.07, 6.45) is 3.68. The molecule has 0 bridgehead atoms. The molecule has 1 rings (SSSR count). The van der Waals surface area contributed by atoms with Crippen LogP contribution in [0.1, 0.15) is 30.6 Å². The van der Waals surface area contributed by atoms with Crippen LogP contribution in [0.4, 0.5) is 0 Å².